The molecular formula is C15H11F2N3. The first kappa shape index (κ1) is 12.5. The predicted molar refractivity (Wildman–Crippen MR) is 71.4 cm³/mol. The minimum Gasteiger partial charge on any atom is -0.207 e. The van der Waals surface area contributed by atoms with E-state index < -0.39 is 11.6 Å². The van der Waals surface area contributed by atoms with Crippen LogP contribution >= 0.6 is 0 Å². The van der Waals surface area contributed by atoms with Crippen LogP contribution < -0.4 is 0 Å². The van der Waals surface area contributed by atoms with Crippen LogP contribution in [0.4, 0.5) is 8.78 Å². The maximum absolute atomic E-state index is 13.7. The Balaban J connectivity index is 2.04. The topological polar surface area (TPSA) is 30.7 Å². The number of hydrogen-bond donors (Lipinski definition) is 0. The maximum Gasteiger partial charge on any atom is 0.135 e. The van der Waals surface area contributed by atoms with Gasteiger partial charge in [-0.3, -0.25) is 0 Å². The summed E-state index contributed by atoms with van der Waals surface area (Å²) in [5.74, 6) is -1.26. The van der Waals surface area contributed by atoms with Crippen molar-refractivity contribution in [2.75, 3.05) is 0 Å². The molecule has 0 spiro atoms. The molecule has 5 heteroatoms. The van der Waals surface area contributed by atoms with E-state index >= 15 is 0 Å². The van der Waals surface area contributed by atoms with Gasteiger partial charge in [-0.1, -0.05) is 18.2 Å². The smallest absolute Gasteiger partial charge is 0.135 e. The van der Waals surface area contributed by atoms with Gasteiger partial charge in [-0.15, -0.1) is 5.10 Å². The normalized spacial score (nSPS) is 10.8. The number of nitrogens with zero attached hydrogens (tertiary/aromatic N) is 3. The molecule has 0 atom stereocenters. The minimum atomic E-state index is -0.651. The van der Waals surface area contributed by atoms with Crippen molar-refractivity contribution >= 4 is 0 Å². The molecule has 100 valence electrons. The van der Waals surface area contributed by atoms with Crippen LogP contribution in [0.25, 0.3) is 16.9 Å². The zero-order chi connectivity index (χ0) is 14.1. The summed E-state index contributed by atoms with van der Waals surface area (Å²) in [5, 5.41) is 8.38. The number of hydrogen-bond acceptors (Lipinski definition) is 2. The highest BCUT2D eigenvalue weighted by Gasteiger charge is 2.11. The van der Waals surface area contributed by atoms with Gasteiger partial charge in [0.2, 0.25) is 0 Å². The fourth-order valence-electron chi connectivity index (χ4n) is 1.99. The molecule has 0 radical (unpaired) electrons. The second-order valence-electron chi connectivity index (χ2n) is 4.43. The lowest BCUT2D eigenvalue weighted by molar-refractivity contribution is 0.585. The Morgan fingerprint density at radius 1 is 1.05 bits per heavy atom. The first-order valence-corrected chi connectivity index (χ1v) is 6.09. The average Bonchev–Trinajstić information content (AvgIpc) is 2.88. The van der Waals surface area contributed by atoms with Crippen molar-refractivity contribution in [1.29, 1.82) is 0 Å². The van der Waals surface area contributed by atoms with E-state index in [0.29, 0.717) is 5.69 Å². The van der Waals surface area contributed by atoms with Gasteiger partial charge < -0.3 is 0 Å². The summed E-state index contributed by atoms with van der Waals surface area (Å²) in [7, 11) is 0. The molecule has 3 nitrogen and oxygen atoms in total. The van der Waals surface area contributed by atoms with Crippen molar-refractivity contribution < 1.29 is 8.78 Å². The molecule has 20 heavy (non-hydrogen) atoms. The third-order valence-corrected chi connectivity index (χ3v) is 3.03. The standard InChI is InChI=1S/C15H11F2N3/c1-10-4-2-3-5-15(10)20-18-9-14(19-20)12-7-6-11(16)8-13(12)17/h2-9H,1H3. The molecule has 3 rings (SSSR count). The Bertz CT molecular complexity index is 765. The fraction of sp³-hybridized carbons (Fsp3) is 0.0667. The predicted octanol–water partition coefficient (Wildman–Crippen LogP) is 3.52. The Labute approximate surface area is 114 Å². The monoisotopic (exact) mass is 271 g/mol. The van der Waals surface area contributed by atoms with Crippen molar-refractivity contribution in [2.45, 2.75) is 6.92 Å². The van der Waals surface area contributed by atoms with Gasteiger partial charge >= 0.3 is 0 Å². The number of aromatic nitrogens is 3. The second-order valence-corrected chi connectivity index (χ2v) is 4.43. The SMILES string of the molecule is Cc1ccccc1-n1ncc(-c2ccc(F)cc2F)n1. The Morgan fingerprint density at radius 3 is 2.60 bits per heavy atom. The number of halogens is 2. The van der Waals surface area contributed by atoms with Crippen LogP contribution in [0.5, 0.6) is 0 Å². The van der Waals surface area contributed by atoms with Crippen molar-refractivity contribution in [1.82, 2.24) is 15.0 Å². The van der Waals surface area contributed by atoms with Crippen LogP contribution in [0.2, 0.25) is 0 Å². The van der Waals surface area contributed by atoms with Gasteiger partial charge in [-0.2, -0.15) is 9.90 Å². The largest absolute Gasteiger partial charge is 0.207 e. The molecule has 1 aromatic heterocycles. The van der Waals surface area contributed by atoms with Crippen LogP contribution in [0.1, 0.15) is 5.56 Å². The molecule has 0 fully saturated rings. The van der Waals surface area contributed by atoms with Crippen molar-refractivity contribution in [2.24, 2.45) is 0 Å². The molecule has 1 heterocycles. The van der Waals surface area contributed by atoms with Gasteiger partial charge in [0, 0.05) is 11.6 Å². The fourth-order valence-corrected chi connectivity index (χ4v) is 1.99. The zero-order valence-electron chi connectivity index (χ0n) is 10.7. The van der Waals surface area contributed by atoms with Crippen molar-refractivity contribution in [3.63, 3.8) is 0 Å². The molecular weight excluding hydrogens is 260 g/mol. The van der Waals surface area contributed by atoms with E-state index in [1.165, 1.54) is 23.1 Å². The zero-order valence-corrected chi connectivity index (χ0v) is 10.7. The van der Waals surface area contributed by atoms with Gasteiger partial charge in [0.25, 0.3) is 0 Å². The van der Waals surface area contributed by atoms with Gasteiger partial charge in [-0.25, -0.2) is 8.78 Å². The highest BCUT2D eigenvalue weighted by atomic mass is 19.1. The minimum absolute atomic E-state index is 0.228. The van der Waals surface area contributed by atoms with E-state index in [2.05, 4.69) is 10.2 Å². The van der Waals surface area contributed by atoms with Gasteiger partial charge in [0.1, 0.15) is 17.3 Å². The lowest BCUT2D eigenvalue weighted by Crippen LogP contribution is -2.01. The number of benzene rings is 2. The molecule has 0 aliphatic heterocycles. The van der Waals surface area contributed by atoms with Crippen molar-refractivity contribution in [3.05, 3.63) is 65.9 Å². The molecule has 0 bridgehead atoms. The van der Waals surface area contributed by atoms with E-state index in [1.54, 1.807) is 0 Å². The maximum atomic E-state index is 13.7. The highest BCUT2D eigenvalue weighted by Crippen LogP contribution is 2.22. The van der Waals surface area contributed by atoms with Crippen LogP contribution in [-0.4, -0.2) is 15.0 Å². The van der Waals surface area contributed by atoms with Gasteiger partial charge in [0.15, 0.2) is 0 Å². The molecule has 0 amide bonds. The molecule has 0 aliphatic rings. The molecule has 0 aliphatic carbocycles. The summed E-state index contributed by atoms with van der Waals surface area (Å²) in [6, 6.07) is 11.0. The van der Waals surface area contributed by atoms with Crippen molar-refractivity contribution in [3.8, 4) is 16.9 Å². The third-order valence-electron chi connectivity index (χ3n) is 3.03. The third kappa shape index (κ3) is 2.18. The van der Waals surface area contributed by atoms with Crippen LogP contribution in [0.3, 0.4) is 0 Å². The molecule has 0 saturated heterocycles. The summed E-state index contributed by atoms with van der Waals surface area (Å²) >= 11 is 0. The van der Waals surface area contributed by atoms with Crippen LogP contribution in [0.15, 0.2) is 48.7 Å². The Morgan fingerprint density at radius 2 is 1.85 bits per heavy atom. The molecule has 2 aromatic carbocycles. The quantitative estimate of drug-likeness (QED) is 0.714. The lowest BCUT2D eigenvalue weighted by Gasteiger charge is -2.03. The highest BCUT2D eigenvalue weighted by molar-refractivity contribution is 5.58. The summed E-state index contributed by atoms with van der Waals surface area (Å²) in [4.78, 5) is 1.44. The summed E-state index contributed by atoms with van der Waals surface area (Å²) in [6.45, 7) is 1.94. The number of aryl methyl sites for hydroxylation is 1. The van der Waals surface area contributed by atoms with E-state index in [-0.39, 0.29) is 5.56 Å². The average molecular weight is 271 g/mol. The summed E-state index contributed by atoms with van der Waals surface area (Å²) in [5.41, 5.74) is 2.42. The molecule has 0 N–H and O–H groups in total. The van der Waals surface area contributed by atoms with Gasteiger partial charge in [-0.05, 0) is 30.7 Å². The Kier molecular flexibility index (Phi) is 3.02. The Hall–Kier alpha value is -2.56. The molecule has 0 unspecified atom stereocenters. The molecule has 0 saturated carbocycles. The van der Waals surface area contributed by atoms with E-state index in [9.17, 15) is 8.78 Å². The number of para-hydroxylation sites is 1. The summed E-state index contributed by atoms with van der Waals surface area (Å²) < 4.78 is 26.6. The number of rotatable bonds is 2. The van der Waals surface area contributed by atoms with Crippen LogP contribution in [-0.2, 0) is 0 Å². The van der Waals surface area contributed by atoms with Gasteiger partial charge in [0.05, 0.1) is 11.9 Å². The van der Waals surface area contributed by atoms with E-state index in [1.807, 2.05) is 31.2 Å². The first-order valence-electron chi connectivity index (χ1n) is 6.09. The van der Waals surface area contributed by atoms with Crippen LogP contribution in [0, 0.1) is 18.6 Å². The molecule has 3 aromatic rings. The summed E-state index contributed by atoms with van der Waals surface area (Å²) in [6.07, 6.45) is 1.46. The lowest BCUT2D eigenvalue weighted by atomic mass is 10.1. The first-order chi connectivity index (χ1) is 9.65. The van der Waals surface area contributed by atoms with E-state index in [4.69, 9.17) is 0 Å². The van der Waals surface area contributed by atoms with E-state index in [0.717, 1.165) is 17.3 Å². The second kappa shape index (κ2) is 4.85.